The molecule has 0 aliphatic heterocycles. The third-order valence-electron chi connectivity index (χ3n) is 2.98. The lowest BCUT2D eigenvalue weighted by Gasteiger charge is -2.22. The van der Waals surface area contributed by atoms with Gasteiger partial charge in [0.15, 0.2) is 0 Å². The second-order valence-electron chi connectivity index (χ2n) is 4.40. The Morgan fingerprint density at radius 1 is 1.33 bits per heavy atom. The molecular formula is C14H19F3N2O2. The molecule has 118 valence electrons. The fraction of sp³-hybridized carbons (Fsp3) is 0.500. The second kappa shape index (κ2) is 7.31. The summed E-state index contributed by atoms with van der Waals surface area (Å²) in [6, 6.07) is 3.05. The lowest BCUT2D eigenvalue weighted by Crippen LogP contribution is -2.34. The molecule has 0 spiro atoms. The number of nitrogens with zero attached hydrogens (tertiary/aromatic N) is 1. The molecule has 1 aromatic carbocycles. The summed E-state index contributed by atoms with van der Waals surface area (Å²) in [5.74, 6) is -0.534. The van der Waals surface area contributed by atoms with Crippen molar-refractivity contribution in [3.63, 3.8) is 0 Å². The molecule has 1 amide bonds. The zero-order chi connectivity index (χ0) is 16.0. The van der Waals surface area contributed by atoms with E-state index in [1.165, 1.54) is 11.0 Å². The summed E-state index contributed by atoms with van der Waals surface area (Å²) in [7, 11) is 0. The molecule has 0 saturated heterocycles. The highest BCUT2D eigenvalue weighted by Crippen LogP contribution is 2.32. The van der Waals surface area contributed by atoms with Gasteiger partial charge in [-0.25, -0.2) is 0 Å². The van der Waals surface area contributed by atoms with Gasteiger partial charge in [0.1, 0.15) is 0 Å². The van der Waals surface area contributed by atoms with E-state index in [-0.39, 0.29) is 18.7 Å². The van der Waals surface area contributed by atoms with E-state index < -0.39 is 17.6 Å². The number of carbonyl (C=O) groups excluding carboxylic acids is 1. The Balaban J connectivity index is 3.25. The third-order valence-corrected chi connectivity index (χ3v) is 2.98. The number of hydrogen-bond acceptors (Lipinski definition) is 3. The van der Waals surface area contributed by atoms with Crippen LogP contribution in [0.25, 0.3) is 0 Å². The molecule has 0 bridgehead atoms. The van der Waals surface area contributed by atoms with Crippen LogP contribution in [0.4, 0.5) is 18.9 Å². The van der Waals surface area contributed by atoms with Crippen LogP contribution >= 0.6 is 0 Å². The van der Waals surface area contributed by atoms with E-state index in [4.69, 9.17) is 5.11 Å². The van der Waals surface area contributed by atoms with Gasteiger partial charge in [0.2, 0.25) is 0 Å². The van der Waals surface area contributed by atoms with Crippen LogP contribution in [0.1, 0.15) is 29.8 Å². The van der Waals surface area contributed by atoms with Crippen molar-refractivity contribution >= 4 is 11.6 Å². The molecule has 7 heteroatoms. The molecule has 0 fully saturated rings. The van der Waals surface area contributed by atoms with Gasteiger partial charge in [-0.3, -0.25) is 4.79 Å². The summed E-state index contributed by atoms with van der Waals surface area (Å²) in [5.41, 5.74) is -0.554. The van der Waals surface area contributed by atoms with Crippen molar-refractivity contribution in [2.75, 3.05) is 31.6 Å². The van der Waals surface area contributed by atoms with Crippen LogP contribution in [0.3, 0.4) is 0 Å². The third kappa shape index (κ3) is 4.35. The van der Waals surface area contributed by atoms with Gasteiger partial charge < -0.3 is 15.3 Å². The normalized spacial score (nSPS) is 11.3. The molecule has 1 rings (SSSR count). The van der Waals surface area contributed by atoms with E-state index in [1.54, 1.807) is 13.8 Å². The molecule has 0 atom stereocenters. The Hall–Kier alpha value is -1.76. The number of aliphatic hydroxyl groups excluding tert-OH is 1. The standard InChI is InChI=1S/C14H19F3N2O2/c1-3-18-12-6-5-10(14(15,16)17)9-11(12)13(21)19(4-2)7-8-20/h5-6,9,18,20H,3-4,7-8H2,1-2H3. The summed E-state index contributed by atoms with van der Waals surface area (Å²) < 4.78 is 38.4. The predicted molar refractivity (Wildman–Crippen MR) is 74.3 cm³/mol. The summed E-state index contributed by atoms with van der Waals surface area (Å²) in [4.78, 5) is 13.7. The van der Waals surface area contributed by atoms with Crippen LogP contribution in [-0.2, 0) is 6.18 Å². The monoisotopic (exact) mass is 304 g/mol. The van der Waals surface area contributed by atoms with E-state index in [0.29, 0.717) is 18.8 Å². The Morgan fingerprint density at radius 3 is 2.48 bits per heavy atom. The number of benzene rings is 1. The van der Waals surface area contributed by atoms with Crippen LogP contribution in [0.5, 0.6) is 0 Å². The van der Waals surface area contributed by atoms with Crippen LogP contribution in [-0.4, -0.2) is 42.2 Å². The summed E-state index contributed by atoms with van der Waals surface area (Å²) in [6.07, 6.45) is -4.51. The van der Waals surface area contributed by atoms with E-state index in [0.717, 1.165) is 12.1 Å². The summed E-state index contributed by atoms with van der Waals surface area (Å²) in [6.45, 7) is 4.12. The highest BCUT2D eigenvalue weighted by atomic mass is 19.4. The maximum absolute atomic E-state index is 12.8. The van der Waals surface area contributed by atoms with Crippen molar-refractivity contribution in [1.29, 1.82) is 0 Å². The number of likely N-dealkylation sites (N-methyl/N-ethyl adjacent to an activating group) is 1. The zero-order valence-electron chi connectivity index (χ0n) is 12.0. The van der Waals surface area contributed by atoms with E-state index in [9.17, 15) is 18.0 Å². The molecule has 4 nitrogen and oxygen atoms in total. The Kier molecular flexibility index (Phi) is 6.02. The quantitative estimate of drug-likeness (QED) is 0.849. The highest BCUT2D eigenvalue weighted by Gasteiger charge is 2.32. The first-order chi connectivity index (χ1) is 9.85. The SMILES string of the molecule is CCNc1ccc(C(F)(F)F)cc1C(=O)N(CC)CCO. The van der Waals surface area contributed by atoms with Gasteiger partial charge in [-0.1, -0.05) is 0 Å². The lowest BCUT2D eigenvalue weighted by molar-refractivity contribution is -0.137. The molecule has 0 aromatic heterocycles. The Bertz CT molecular complexity index is 490. The second-order valence-corrected chi connectivity index (χ2v) is 4.40. The van der Waals surface area contributed by atoms with Gasteiger partial charge in [-0.15, -0.1) is 0 Å². The van der Waals surface area contributed by atoms with Crippen molar-refractivity contribution in [3.05, 3.63) is 29.3 Å². The first-order valence-electron chi connectivity index (χ1n) is 6.70. The average Bonchev–Trinajstić information content (AvgIpc) is 2.43. The number of halogens is 3. The minimum atomic E-state index is -4.51. The fourth-order valence-corrected chi connectivity index (χ4v) is 1.94. The molecule has 0 unspecified atom stereocenters. The van der Waals surface area contributed by atoms with Gasteiger partial charge in [0.25, 0.3) is 5.91 Å². The van der Waals surface area contributed by atoms with Crippen molar-refractivity contribution in [2.45, 2.75) is 20.0 Å². The number of amides is 1. The fourth-order valence-electron chi connectivity index (χ4n) is 1.94. The van der Waals surface area contributed by atoms with Crippen molar-refractivity contribution in [1.82, 2.24) is 4.90 Å². The maximum atomic E-state index is 12.8. The van der Waals surface area contributed by atoms with Gasteiger partial charge in [0, 0.05) is 25.3 Å². The zero-order valence-corrected chi connectivity index (χ0v) is 12.0. The molecule has 0 aliphatic rings. The minimum absolute atomic E-state index is 0.0398. The van der Waals surface area contributed by atoms with Gasteiger partial charge in [-0.2, -0.15) is 13.2 Å². The number of nitrogens with one attached hydrogen (secondary N) is 1. The first kappa shape index (κ1) is 17.3. The maximum Gasteiger partial charge on any atom is 0.416 e. The largest absolute Gasteiger partial charge is 0.416 e. The predicted octanol–water partition coefficient (Wildman–Crippen LogP) is 2.59. The van der Waals surface area contributed by atoms with Crippen LogP contribution in [0.2, 0.25) is 0 Å². The van der Waals surface area contributed by atoms with E-state index >= 15 is 0 Å². The average molecular weight is 304 g/mol. The van der Waals surface area contributed by atoms with Crippen LogP contribution in [0, 0.1) is 0 Å². The molecule has 2 N–H and O–H groups in total. The molecule has 0 heterocycles. The molecule has 1 aromatic rings. The number of anilines is 1. The molecule has 0 saturated carbocycles. The molecule has 21 heavy (non-hydrogen) atoms. The summed E-state index contributed by atoms with van der Waals surface area (Å²) >= 11 is 0. The van der Waals surface area contributed by atoms with Gasteiger partial charge in [0.05, 0.1) is 17.7 Å². The number of hydrogen-bond donors (Lipinski definition) is 2. The Morgan fingerprint density at radius 2 is 2.00 bits per heavy atom. The Labute approximate surface area is 121 Å². The molecule has 0 aliphatic carbocycles. The number of alkyl halides is 3. The lowest BCUT2D eigenvalue weighted by atomic mass is 10.1. The van der Waals surface area contributed by atoms with Crippen molar-refractivity contribution < 1.29 is 23.1 Å². The molecular weight excluding hydrogens is 285 g/mol. The minimum Gasteiger partial charge on any atom is -0.395 e. The summed E-state index contributed by atoms with van der Waals surface area (Å²) in [5, 5.41) is 11.8. The highest BCUT2D eigenvalue weighted by molar-refractivity contribution is 5.99. The van der Waals surface area contributed by atoms with Crippen molar-refractivity contribution in [2.24, 2.45) is 0 Å². The molecule has 0 radical (unpaired) electrons. The number of rotatable bonds is 6. The van der Waals surface area contributed by atoms with Gasteiger partial charge in [-0.05, 0) is 32.0 Å². The number of carbonyl (C=O) groups is 1. The van der Waals surface area contributed by atoms with Crippen LogP contribution in [0.15, 0.2) is 18.2 Å². The smallest absolute Gasteiger partial charge is 0.395 e. The number of aliphatic hydroxyl groups is 1. The van der Waals surface area contributed by atoms with Crippen molar-refractivity contribution in [3.8, 4) is 0 Å². The van der Waals surface area contributed by atoms with Gasteiger partial charge >= 0.3 is 6.18 Å². The van der Waals surface area contributed by atoms with Crippen LogP contribution < -0.4 is 5.32 Å². The topological polar surface area (TPSA) is 52.6 Å². The van der Waals surface area contributed by atoms with E-state index in [2.05, 4.69) is 5.32 Å². The first-order valence-corrected chi connectivity index (χ1v) is 6.70. The van der Waals surface area contributed by atoms with E-state index in [1.807, 2.05) is 0 Å².